The minimum atomic E-state index is -0.134. The van der Waals surface area contributed by atoms with Crippen molar-refractivity contribution in [2.24, 2.45) is 0 Å². The summed E-state index contributed by atoms with van der Waals surface area (Å²) in [7, 11) is 0. The molecule has 0 saturated carbocycles. The van der Waals surface area contributed by atoms with Crippen LogP contribution in [-0.4, -0.2) is 68.5 Å². The molecule has 1 aromatic carbocycles. The first-order valence-corrected chi connectivity index (χ1v) is 10.9. The van der Waals surface area contributed by atoms with E-state index in [1.807, 2.05) is 23.1 Å². The molecule has 28 heavy (non-hydrogen) atoms. The van der Waals surface area contributed by atoms with Crippen LogP contribution in [0, 0.1) is 0 Å². The molecular weight excluding hydrogens is 394 g/mol. The lowest BCUT2D eigenvalue weighted by Gasteiger charge is -2.34. The Morgan fingerprint density at radius 3 is 2.61 bits per heavy atom. The number of hydrogen-bond donors (Lipinski definition) is 0. The number of rotatable bonds is 5. The lowest BCUT2D eigenvalue weighted by molar-refractivity contribution is -0.129. The maximum absolute atomic E-state index is 12.5. The second-order valence-corrected chi connectivity index (χ2v) is 8.43. The molecule has 7 nitrogen and oxygen atoms in total. The molecule has 2 aromatic heterocycles. The van der Waals surface area contributed by atoms with Crippen molar-refractivity contribution in [3.8, 4) is 0 Å². The Labute approximate surface area is 170 Å². The Morgan fingerprint density at radius 1 is 1.07 bits per heavy atom. The summed E-state index contributed by atoms with van der Waals surface area (Å²) in [6, 6.07) is 8.06. The van der Waals surface area contributed by atoms with Crippen molar-refractivity contribution in [3.05, 3.63) is 53.6 Å². The van der Waals surface area contributed by atoms with Crippen LogP contribution in [0.5, 0.6) is 0 Å². The molecule has 144 valence electrons. The highest BCUT2D eigenvalue weighted by molar-refractivity contribution is 7.99. The number of fused-ring (bicyclic) bond motifs is 1. The summed E-state index contributed by atoms with van der Waals surface area (Å²) >= 11 is 3.26. The van der Waals surface area contributed by atoms with Crippen molar-refractivity contribution in [1.82, 2.24) is 24.8 Å². The van der Waals surface area contributed by atoms with Crippen LogP contribution in [0.25, 0.3) is 10.2 Å². The summed E-state index contributed by atoms with van der Waals surface area (Å²) in [6.45, 7) is 2.13. The summed E-state index contributed by atoms with van der Waals surface area (Å²) in [4.78, 5) is 41.0. The van der Waals surface area contributed by atoms with E-state index in [2.05, 4.69) is 21.0 Å². The molecule has 0 unspecified atom stereocenters. The van der Waals surface area contributed by atoms with Gasteiger partial charge in [-0.05, 0) is 12.1 Å². The van der Waals surface area contributed by atoms with Crippen LogP contribution in [0.1, 0.15) is 15.5 Å². The van der Waals surface area contributed by atoms with Gasteiger partial charge in [-0.3, -0.25) is 14.6 Å². The second-order valence-electron chi connectivity index (χ2n) is 6.33. The molecule has 4 rings (SSSR count). The number of hydrogen-bond acceptors (Lipinski definition) is 7. The number of piperazine rings is 1. The Balaban J connectivity index is 1.23. The highest BCUT2D eigenvalue weighted by Crippen LogP contribution is 2.25. The van der Waals surface area contributed by atoms with Gasteiger partial charge in [0.25, 0.3) is 5.91 Å². The number of thioether (sulfide) groups is 1. The summed E-state index contributed by atoms with van der Waals surface area (Å²) in [6.07, 6.45) is 4.52. The van der Waals surface area contributed by atoms with Crippen molar-refractivity contribution in [2.75, 3.05) is 31.9 Å². The van der Waals surface area contributed by atoms with Crippen LogP contribution >= 0.6 is 23.1 Å². The van der Waals surface area contributed by atoms with Gasteiger partial charge >= 0.3 is 0 Å². The Bertz CT molecular complexity index is 938. The van der Waals surface area contributed by atoms with E-state index in [0.29, 0.717) is 37.6 Å². The topological polar surface area (TPSA) is 79.3 Å². The van der Waals surface area contributed by atoms with Gasteiger partial charge < -0.3 is 9.80 Å². The fourth-order valence-electron chi connectivity index (χ4n) is 3.03. The molecule has 3 heterocycles. The predicted octanol–water partition coefficient (Wildman–Crippen LogP) is 2.30. The summed E-state index contributed by atoms with van der Waals surface area (Å²) in [5.41, 5.74) is 1.35. The van der Waals surface area contributed by atoms with Gasteiger partial charge in [-0.2, -0.15) is 0 Å². The van der Waals surface area contributed by atoms with Crippen LogP contribution in [-0.2, 0) is 10.5 Å². The van der Waals surface area contributed by atoms with Gasteiger partial charge in [0, 0.05) is 44.3 Å². The van der Waals surface area contributed by atoms with Crippen LogP contribution in [0.15, 0.2) is 42.9 Å². The summed E-state index contributed by atoms with van der Waals surface area (Å²) < 4.78 is 1.17. The van der Waals surface area contributed by atoms with Gasteiger partial charge in [-0.25, -0.2) is 9.97 Å². The molecule has 3 aromatic rings. The summed E-state index contributed by atoms with van der Waals surface area (Å²) in [5, 5.41) is 1.04. The minimum absolute atomic E-state index is 0.109. The van der Waals surface area contributed by atoms with Gasteiger partial charge in [-0.15, -0.1) is 23.1 Å². The quantitative estimate of drug-likeness (QED) is 0.639. The minimum Gasteiger partial charge on any atom is -0.338 e. The normalized spacial score (nSPS) is 14.4. The molecule has 9 heteroatoms. The molecule has 1 aliphatic rings. The van der Waals surface area contributed by atoms with Gasteiger partial charge in [0.15, 0.2) is 0 Å². The smallest absolute Gasteiger partial charge is 0.274 e. The molecule has 2 amide bonds. The molecule has 0 aliphatic carbocycles. The van der Waals surface area contributed by atoms with E-state index in [4.69, 9.17) is 0 Å². The van der Waals surface area contributed by atoms with E-state index in [1.165, 1.54) is 17.1 Å². The maximum atomic E-state index is 12.5. The second kappa shape index (κ2) is 8.66. The Kier molecular flexibility index (Phi) is 5.82. The zero-order chi connectivity index (χ0) is 19.3. The molecule has 1 fully saturated rings. The number of aromatic nitrogens is 3. The number of para-hydroxylation sites is 1. The molecule has 0 spiro atoms. The highest BCUT2D eigenvalue weighted by atomic mass is 32.2. The van der Waals surface area contributed by atoms with Crippen LogP contribution in [0.3, 0.4) is 0 Å². The van der Waals surface area contributed by atoms with E-state index in [1.54, 1.807) is 34.2 Å². The average Bonchev–Trinajstić information content (AvgIpc) is 3.16. The number of nitrogens with zero attached hydrogens (tertiary/aromatic N) is 5. The predicted molar refractivity (Wildman–Crippen MR) is 110 cm³/mol. The molecule has 1 saturated heterocycles. The third-order valence-corrected chi connectivity index (χ3v) is 6.64. The zero-order valence-corrected chi connectivity index (χ0v) is 16.8. The molecule has 0 N–H and O–H groups in total. The largest absolute Gasteiger partial charge is 0.338 e. The number of amides is 2. The molecule has 0 bridgehead atoms. The fraction of sp³-hybridized carbons (Fsp3) is 0.316. The van der Waals surface area contributed by atoms with Crippen molar-refractivity contribution in [1.29, 1.82) is 0 Å². The average molecular weight is 414 g/mol. The monoisotopic (exact) mass is 413 g/mol. The Hall–Kier alpha value is -2.52. The molecular formula is C19H19N5O2S2. The van der Waals surface area contributed by atoms with Crippen molar-refractivity contribution in [2.45, 2.75) is 5.75 Å². The molecule has 0 atom stereocenters. The lowest BCUT2D eigenvalue weighted by Crippen LogP contribution is -2.51. The zero-order valence-electron chi connectivity index (χ0n) is 15.2. The van der Waals surface area contributed by atoms with Crippen LogP contribution in [0.4, 0.5) is 0 Å². The highest BCUT2D eigenvalue weighted by Gasteiger charge is 2.25. The third kappa shape index (κ3) is 4.31. The first-order chi connectivity index (χ1) is 13.7. The standard InChI is InChI=1S/C19H19N5O2S2/c25-18(13-27-12-17-22-14-3-1-2-4-16(14)28-17)23-7-9-24(10-8-23)19(26)15-11-20-5-6-21-15/h1-6,11H,7-10,12-13H2. The number of thiazole rings is 1. The summed E-state index contributed by atoms with van der Waals surface area (Å²) in [5.74, 6) is 1.13. The van der Waals surface area contributed by atoms with Gasteiger partial charge in [0.05, 0.1) is 22.2 Å². The van der Waals surface area contributed by atoms with Gasteiger partial charge in [0.2, 0.25) is 5.91 Å². The van der Waals surface area contributed by atoms with E-state index >= 15 is 0 Å². The van der Waals surface area contributed by atoms with Crippen molar-refractivity contribution >= 4 is 45.1 Å². The lowest BCUT2D eigenvalue weighted by atomic mass is 10.3. The number of carbonyl (C=O) groups excluding carboxylic acids is 2. The SMILES string of the molecule is O=C(CSCc1nc2ccccc2s1)N1CCN(C(=O)c2cnccn2)CC1. The molecule has 1 aliphatic heterocycles. The Morgan fingerprint density at radius 2 is 1.86 bits per heavy atom. The van der Waals surface area contributed by atoms with E-state index in [9.17, 15) is 9.59 Å². The van der Waals surface area contributed by atoms with E-state index in [0.717, 1.165) is 16.3 Å². The maximum Gasteiger partial charge on any atom is 0.274 e. The third-order valence-electron chi connectivity index (χ3n) is 4.49. The first-order valence-electron chi connectivity index (χ1n) is 8.96. The van der Waals surface area contributed by atoms with Crippen molar-refractivity contribution in [3.63, 3.8) is 0 Å². The molecule has 0 radical (unpaired) electrons. The van der Waals surface area contributed by atoms with Gasteiger partial charge in [-0.1, -0.05) is 12.1 Å². The fourth-order valence-corrected chi connectivity index (χ4v) is 4.98. The number of carbonyl (C=O) groups is 2. The first kappa shape index (κ1) is 18.8. The van der Waals surface area contributed by atoms with Crippen LogP contribution in [0.2, 0.25) is 0 Å². The number of benzene rings is 1. The van der Waals surface area contributed by atoms with Crippen LogP contribution < -0.4 is 0 Å². The van der Waals surface area contributed by atoms with E-state index in [-0.39, 0.29) is 11.8 Å². The van der Waals surface area contributed by atoms with Gasteiger partial charge in [0.1, 0.15) is 10.7 Å². The van der Waals surface area contributed by atoms with E-state index < -0.39 is 0 Å². The van der Waals surface area contributed by atoms with Crippen molar-refractivity contribution < 1.29 is 9.59 Å².